The molecule has 3 rings (SSSR count). The summed E-state index contributed by atoms with van der Waals surface area (Å²) in [5.41, 5.74) is 3.77. The molecule has 0 aromatic heterocycles. The van der Waals surface area contributed by atoms with Crippen molar-refractivity contribution in [1.29, 1.82) is 0 Å². The number of ether oxygens (including phenoxy) is 1. The number of fused-ring (bicyclic) bond motifs is 1. The molecular formula is C21H23NO3. The summed E-state index contributed by atoms with van der Waals surface area (Å²) in [4.78, 5) is 14.5. The molecule has 0 atom stereocenters. The lowest BCUT2D eigenvalue weighted by Gasteiger charge is -2.26. The number of ketones is 1. The van der Waals surface area contributed by atoms with E-state index in [1.165, 1.54) is 12.7 Å². The highest BCUT2D eigenvalue weighted by Crippen LogP contribution is 2.47. The zero-order valence-electron chi connectivity index (χ0n) is 14.8. The molecule has 4 heteroatoms. The smallest absolute Gasteiger partial charge is 0.227 e. The van der Waals surface area contributed by atoms with Gasteiger partial charge in [-0.25, -0.2) is 0 Å². The molecule has 0 fully saturated rings. The summed E-state index contributed by atoms with van der Waals surface area (Å²) in [7, 11) is 1.50. The topological polar surface area (TPSA) is 49.8 Å². The molecule has 1 aliphatic carbocycles. The fourth-order valence-electron chi connectivity index (χ4n) is 3.48. The standard InChI is InChI=1S/C21H23NO3/c1-21(2)16-8-4-5-9-17(16)22(13-14-23)19(21)12-11-15-7-6-10-18(25-3)20(15)24/h4-12,23H,13-14H2,1-3H3. The van der Waals surface area contributed by atoms with E-state index in [-0.39, 0.29) is 17.8 Å². The van der Waals surface area contributed by atoms with E-state index in [1.54, 1.807) is 12.2 Å². The van der Waals surface area contributed by atoms with Gasteiger partial charge in [0.1, 0.15) is 0 Å². The normalized spacial score (nSPS) is 21.7. The number of aliphatic hydroxyl groups is 1. The number of aliphatic hydroxyl groups excluding tert-OH is 1. The Kier molecular flexibility index (Phi) is 4.64. The van der Waals surface area contributed by atoms with Gasteiger partial charge in [0, 0.05) is 28.9 Å². The van der Waals surface area contributed by atoms with Crippen LogP contribution in [0.3, 0.4) is 0 Å². The second kappa shape index (κ2) is 6.73. The van der Waals surface area contributed by atoms with Crippen LogP contribution in [-0.4, -0.2) is 31.2 Å². The summed E-state index contributed by atoms with van der Waals surface area (Å²) >= 11 is 0. The molecule has 0 saturated heterocycles. The van der Waals surface area contributed by atoms with Gasteiger partial charge in [0.05, 0.1) is 13.7 Å². The van der Waals surface area contributed by atoms with Crippen LogP contribution in [0.15, 0.2) is 71.7 Å². The molecule has 2 aliphatic rings. The van der Waals surface area contributed by atoms with Crippen molar-refractivity contribution in [2.75, 3.05) is 25.2 Å². The van der Waals surface area contributed by atoms with Gasteiger partial charge in [-0.2, -0.15) is 0 Å². The third-order valence-corrected chi connectivity index (χ3v) is 4.77. The van der Waals surface area contributed by atoms with Crippen LogP contribution in [0.4, 0.5) is 5.69 Å². The van der Waals surface area contributed by atoms with Crippen LogP contribution in [0.2, 0.25) is 0 Å². The monoisotopic (exact) mass is 337 g/mol. The van der Waals surface area contributed by atoms with Crippen LogP contribution in [0.1, 0.15) is 19.4 Å². The summed E-state index contributed by atoms with van der Waals surface area (Å²) in [6, 6.07) is 8.22. The number of β-amino-alcohol motifs (C(OH)–C–C–N with tert-alkyl or cyclic N) is 1. The van der Waals surface area contributed by atoms with E-state index < -0.39 is 0 Å². The third kappa shape index (κ3) is 2.94. The number of carbonyl (C=O) groups is 1. The molecule has 1 aromatic carbocycles. The van der Waals surface area contributed by atoms with Gasteiger partial charge in [-0.05, 0) is 29.9 Å². The van der Waals surface area contributed by atoms with Gasteiger partial charge in [0.2, 0.25) is 5.78 Å². The predicted octanol–water partition coefficient (Wildman–Crippen LogP) is 3.26. The molecule has 130 valence electrons. The fraction of sp³-hybridized carbons (Fsp3) is 0.286. The Morgan fingerprint density at radius 3 is 2.72 bits per heavy atom. The number of hydrogen-bond acceptors (Lipinski definition) is 4. The zero-order chi connectivity index (χ0) is 18.0. The van der Waals surface area contributed by atoms with E-state index in [9.17, 15) is 9.90 Å². The Bertz CT molecular complexity index is 812. The van der Waals surface area contributed by atoms with E-state index in [2.05, 4.69) is 30.9 Å². The van der Waals surface area contributed by atoms with Crippen molar-refractivity contribution in [1.82, 2.24) is 0 Å². The first kappa shape index (κ1) is 17.2. The number of Topliss-reactive ketones (excluding diaryl/α,β-unsaturated/α-hetero) is 1. The van der Waals surface area contributed by atoms with E-state index >= 15 is 0 Å². The van der Waals surface area contributed by atoms with Crippen molar-refractivity contribution in [2.24, 2.45) is 0 Å². The number of benzene rings is 1. The van der Waals surface area contributed by atoms with E-state index in [0.717, 1.165) is 11.4 Å². The van der Waals surface area contributed by atoms with Gasteiger partial charge in [0.25, 0.3) is 0 Å². The first-order valence-electron chi connectivity index (χ1n) is 8.38. The second-order valence-corrected chi connectivity index (χ2v) is 6.61. The molecule has 0 radical (unpaired) electrons. The molecule has 0 bridgehead atoms. The SMILES string of the molecule is COC1=CC=CC(=CC=C2N(CCO)c3ccccc3C2(C)C)C1=O. The van der Waals surface area contributed by atoms with Crippen LogP contribution in [0, 0.1) is 0 Å². The molecule has 0 unspecified atom stereocenters. The Hall–Kier alpha value is -2.59. The maximum atomic E-state index is 12.4. The Balaban J connectivity index is 2.02. The van der Waals surface area contributed by atoms with Gasteiger partial charge in [-0.1, -0.05) is 44.2 Å². The minimum atomic E-state index is -0.204. The average molecular weight is 337 g/mol. The molecule has 1 aliphatic heterocycles. The van der Waals surface area contributed by atoms with Crippen molar-refractivity contribution in [3.63, 3.8) is 0 Å². The van der Waals surface area contributed by atoms with E-state index in [1.807, 2.05) is 30.4 Å². The number of nitrogens with zero attached hydrogens (tertiary/aromatic N) is 1. The van der Waals surface area contributed by atoms with Gasteiger partial charge in [-0.15, -0.1) is 0 Å². The van der Waals surface area contributed by atoms with Gasteiger partial charge in [0.15, 0.2) is 5.76 Å². The Morgan fingerprint density at radius 2 is 2.00 bits per heavy atom. The lowest BCUT2D eigenvalue weighted by molar-refractivity contribution is -0.114. The first-order chi connectivity index (χ1) is 12.0. The molecule has 0 amide bonds. The molecular weight excluding hydrogens is 314 g/mol. The summed E-state index contributed by atoms with van der Waals surface area (Å²) in [6.07, 6.45) is 9.07. The lowest BCUT2D eigenvalue weighted by atomic mass is 9.83. The van der Waals surface area contributed by atoms with E-state index in [4.69, 9.17) is 4.74 Å². The van der Waals surface area contributed by atoms with Crippen LogP contribution in [0.25, 0.3) is 0 Å². The average Bonchev–Trinajstić information content (AvgIpc) is 2.82. The van der Waals surface area contributed by atoms with Crippen molar-refractivity contribution < 1.29 is 14.6 Å². The predicted molar refractivity (Wildman–Crippen MR) is 99.3 cm³/mol. The second-order valence-electron chi connectivity index (χ2n) is 6.61. The molecule has 0 spiro atoms. The number of allylic oxidation sites excluding steroid dienone is 7. The molecule has 1 N–H and O–H groups in total. The maximum absolute atomic E-state index is 12.4. The highest BCUT2D eigenvalue weighted by molar-refractivity contribution is 6.10. The van der Waals surface area contributed by atoms with Crippen LogP contribution < -0.4 is 4.90 Å². The number of methoxy groups -OCH3 is 1. The number of anilines is 1. The number of para-hydroxylation sites is 1. The highest BCUT2D eigenvalue weighted by atomic mass is 16.5. The molecule has 1 heterocycles. The van der Waals surface area contributed by atoms with Gasteiger partial charge < -0.3 is 14.7 Å². The number of rotatable bonds is 4. The molecule has 4 nitrogen and oxygen atoms in total. The molecule has 1 aromatic rings. The summed E-state index contributed by atoms with van der Waals surface area (Å²) in [5.74, 6) is 0.220. The summed E-state index contributed by atoms with van der Waals surface area (Å²) in [5, 5.41) is 9.49. The van der Waals surface area contributed by atoms with Gasteiger partial charge in [-0.3, -0.25) is 4.79 Å². The number of carbonyl (C=O) groups excluding carboxylic acids is 1. The van der Waals surface area contributed by atoms with Crippen LogP contribution in [-0.2, 0) is 14.9 Å². The molecule has 25 heavy (non-hydrogen) atoms. The van der Waals surface area contributed by atoms with Crippen molar-refractivity contribution in [2.45, 2.75) is 19.3 Å². The summed E-state index contributed by atoms with van der Waals surface area (Å²) in [6.45, 7) is 4.90. The molecule has 0 saturated carbocycles. The minimum Gasteiger partial charge on any atom is -0.493 e. The lowest BCUT2D eigenvalue weighted by Crippen LogP contribution is -2.28. The largest absolute Gasteiger partial charge is 0.493 e. The van der Waals surface area contributed by atoms with E-state index in [0.29, 0.717) is 17.9 Å². The quantitative estimate of drug-likeness (QED) is 0.857. The van der Waals surface area contributed by atoms with Crippen LogP contribution >= 0.6 is 0 Å². The zero-order valence-corrected chi connectivity index (χ0v) is 14.8. The Labute approximate surface area is 148 Å². The minimum absolute atomic E-state index is 0.0632. The van der Waals surface area contributed by atoms with Crippen molar-refractivity contribution >= 4 is 11.5 Å². The fourth-order valence-corrected chi connectivity index (χ4v) is 3.48. The third-order valence-electron chi connectivity index (χ3n) is 4.77. The maximum Gasteiger partial charge on any atom is 0.227 e. The highest BCUT2D eigenvalue weighted by Gasteiger charge is 2.39. The van der Waals surface area contributed by atoms with Crippen molar-refractivity contribution in [3.05, 3.63) is 77.2 Å². The Morgan fingerprint density at radius 1 is 1.24 bits per heavy atom. The number of hydrogen-bond donors (Lipinski definition) is 1. The van der Waals surface area contributed by atoms with Crippen molar-refractivity contribution in [3.8, 4) is 0 Å². The van der Waals surface area contributed by atoms with Gasteiger partial charge >= 0.3 is 0 Å². The first-order valence-corrected chi connectivity index (χ1v) is 8.38. The van der Waals surface area contributed by atoms with Crippen LogP contribution in [0.5, 0.6) is 0 Å². The summed E-state index contributed by atoms with van der Waals surface area (Å²) < 4.78 is 5.11.